The largest absolute Gasteiger partial charge is 0.497 e. The molecule has 0 heterocycles. The van der Waals surface area contributed by atoms with Crippen molar-refractivity contribution in [2.75, 3.05) is 32.2 Å². The minimum absolute atomic E-state index is 0.0526. The molecule has 0 fully saturated rings. The van der Waals surface area contributed by atoms with Crippen molar-refractivity contribution in [2.24, 2.45) is 0 Å². The lowest BCUT2D eigenvalue weighted by molar-refractivity contribution is -0.120. The van der Waals surface area contributed by atoms with Crippen LogP contribution in [0.1, 0.15) is 13.8 Å². The topological polar surface area (TPSA) is 59.6 Å². The molecule has 19 heavy (non-hydrogen) atoms. The van der Waals surface area contributed by atoms with E-state index in [1.807, 2.05) is 12.1 Å². The summed E-state index contributed by atoms with van der Waals surface area (Å²) in [5, 5.41) is 5.96. The molecule has 106 valence electrons. The minimum atomic E-state index is -0.169. The van der Waals surface area contributed by atoms with Crippen LogP contribution in [0.5, 0.6) is 5.75 Å². The second-order valence-electron chi connectivity index (χ2n) is 4.44. The average molecular weight is 266 g/mol. The number of rotatable bonds is 8. The third kappa shape index (κ3) is 6.79. The highest BCUT2D eigenvalue weighted by Crippen LogP contribution is 2.16. The molecular weight excluding hydrogens is 244 g/mol. The van der Waals surface area contributed by atoms with Gasteiger partial charge >= 0.3 is 0 Å². The van der Waals surface area contributed by atoms with Gasteiger partial charge in [0.05, 0.1) is 13.7 Å². The zero-order chi connectivity index (χ0) is 14.1. The van der Waals surface area contributed by atoms with Crippen molar-refractivity contribution in [2.45, 2.75) is 19.9 Å². The lowest BCUT2D eigenvalue weighted by Gasteiger charge is -2.09. The van der Waals surface area contributed by atoms with Crippen molar-refractivity contribution in [1.29, 1.82) is 0 Å². The van der Waals surface area contributed by atoms with Gasteiger partial charge in [0.2, 0.25) is 5.91 Å². The van der Waals surface area contributed by atoms with E-state index in [-0.39, 0.29) is 12.5 Å². The molecule has 0 aromatic heterocycles. The zero-order valence-corrected chi connectivity index (χ0v) is 11.7. The number of amides is 1. The highest BCUT2D eigenvalue weighted by molar-refractivity contribution is 5.91. The third-order valence-electron chi connectivity index (χ3n) is 2.39. The van der Waals surface area contributed by atoms with Gasteiger partial charge < -0.3 is 20.1 Å². The molecule has 0 bridgehead atoms. The predicted octanol–water partition coefficient (Wildman–Crippen LogP) is 1.65. The minimum Gasteiger partial charge on any atom is -0.497 e. The maximum absolute atomic E-state index is 11.6. The van der Waals surface area contributed by atoms with Gasteiger partial charge in [-0.3, -0.25) is 4.79 Å². The monoisotopic (exact) mass is 266 g/mol. The van der Waals surface area contributed by atoms with E-state index < -0.39 is 0 Å². The Morgan fingerprint density at radius 1 is 1.37 bits per heavy atom. The molecule has 0 radical (unpaired) electrons. The number of carbonyl (C=O) groups excluding carboxylic acids is 1. The van der Waals surface area contributed by atoms with Crippen LogP contribution in [0.15, 0.2) is 24.3 Å². The summed E-state index contributed by atoms with van der Waals surface area (Å²) in [5.41, 5.74) is 0.702. The number of hydrogen-bond acceptors (Lipinski definition) is 4. The van der Waals surface area contributed by atoms with Crippen LogP contribution in [0.4, 0.5) is 5.69 Å². The summed E-state index contributed by atoms with van der Waals surface area (Å²) in [7, 11) is 1.59. The van der Waals surface area contributed by atoms with Gasteiger partial charge in [0.15, 0.2) is 0 Å². The zero-order valence-electron chi connectivity index (χ0n) is 11.7. The van der Waals surface area contributed by atoms with Crippen LogP contribution in [0, 0.1) is 0 Å². The molecule has 0 spiro atoms. The van der Waals surface area contributed by atoms with Crippen LogP contribution in [-0.4, -0.2) is 38.8 Å². The van der Waals surface area contributed by atoms with Crippen LogP contribution in [0.2, 0.25) is 0 Å². The molecule has 1 amide bonds. The summed E-state index contributed by atoms with van der Waals surface area (Å²) < 4.78 is 10.3. The maximum Gasteiger partial charge on any atom is 0.250 e. The molecule has 1 rings (SSSR count). The lowest BCUT2D eigenvalue weighted by atomic mass is 10.3. The molecule has 5 nitrogen and oxygen atoms in total. The van der Waals surface area contributed by atoms with E-state index in [0.29, 0.717) is 24.1 Å². The van der Waals surface area contributed by atoms with Gasteiger partial charge in [0.1, 0.15) is 12.4 Å². The Morgan fingerprint density at radius 3 is 2.84 bits per heavy atom. The van der Waals surface area contributed by atoms with Crippen molar-refractivity contribution in [3.63, 3.8) is 0 Å². The Morgan fingerprint density at radius 2 is 2.16 bits per heavy atom. The molecule has 0 saturated carbocycles. The van der Waals surface area contributed by atoms with Crippen LogP contribution < -0.4 is 15.4 Å². The Hall–Kier alpha value is -1.59. The molecule has 5 heteroatoms. The van der Waals surface area contributed by atoms with Crippen molar-refractivity contribution >= 4 is 11.6 Å². The first-order valence-corrected chi connectivity index (χ1v) is 6.37. The summed E-state index contributed by atoms with van der Waals surface area (Å²) in [6, 6.07) is 7.64. The molecule has 0 saturated heterocycles. The summed E-state index contributed by atoms with van der Waals surface area (Å²) in [6.07, 6.45) is 0. The fourth-order valence-corrected chi connectivity index (χ4v) is 1.48. The maximum atomic E-state index is 11.6. The summed E-state index contributed by atoms with van der Waals surface area (Å²) in [5.74, 6) is 0.539. The van der Waals surface area contributed by atoms with Gasteiger partial charge in [-0.15, -0.1) is 0 Å². The molecule has 0 aliphatic rings. The molecule has 0 aliphatic carbocycles. The number of benzene rings is 1. The molecule has 0 atom stereocenters. The van der Waals surface area contributed by atoms with Gasteiger partial charge in [0, 0.05) is 24.3 Å². The predicted molar refractivity (Wildman–Crippen MR) is 75.6 cm³/mol. The van der Waals surface area contributed by atoms with Crippen molar-refractivity contribution in [1.82, 2.24) is 5.32 Å². The number of carbonyl (C=O) groups is 1. The SMILES string of the molecule is COc1cccc(NC(=O)COCCNC(C)C)c1. The first-order chi connectivity index (χ1) is 9.11. The van der Waals surface area contributed by atoms with Gasteiger partial charge in [-0.2, -0.15) is 0 Å². The smallest absolute Gasteiger partial charge is 0.250 e. The van der Waals surface area contributed by atoms with E-state index in [1.54, 1.807) is 19.2 Å². The van der Waals surface area contributed by atoms with E-state index in [0.717, 1.165) is 6.54 Å². The summed E-state index contributed by atoms with van der Waals surface area (Å²) >= 11 is 0. The van der Waals surface area contributed by atoms with Crippen LogP contribution in [0.25, 0.3) is 0 Å². The normalized spacial score (nSPS) is 10.5. The standard InChI is InChI=1S/C14H22N2O3/c1-11(2)15-7-8-19-10-14(17)16-12-5-4-6-13(9-12)18-3/h4-6,9,11,15H,7-8,10H2,1-3H3,(H,16,17). The van der Waals surface area contributed by atoms with Crippen molar-refractivity contribution in [3.8, 4) is 5.75 Å². The van der Waals surface area contributed by atoms with Gasteiger partial charge in [0.25, 0.3) is 0 Å². The number of hydrogen-bond donors (Lipinski definition) is 2. The number of methoxy groups -OCH3 is 1. The number of nitrogens with one attached hydrogen (secondary N) is 2. The Balaban J connectivity index is 2.23. The quantitative estimate of drug-likeness (QED) is 0.702. The van der Waals surface area contributed by atoms with Crippen LogP contribution in [0.3, 0.4) is 0 Å². The fourth-order valence-electron chi connectivity index (χ4n) is 1.48. The van der Waals surface area contributed by atoms with Crippen LogP contribution >= 0.6 is 0 Å². The van der Waals surface area contributed by atoms with Crippen molar-refractivity contribution in [3.05, 3.63) is 24.3 Å². The summed E-state index contributed by atoms with van der Waals surface area (Å²) in [4.78, 5) is 11.6. The second-order valence-corrected chi connectivity index (χ2v) is 4.44. The fraction of sp³-hybridized carbons (Fsp3) is 0.500. The van der Waals surface area contributed by atoms with Crippen molar-refractivity contribution < 1.29 is 14.3 Å². The summed E-state index contributed by atoms with van der Waals surface area (Å²) in [6.45, 7) is 5.44. The highest BCUT2D eigenvalue weighted by atomic mass is 16.5. The highest BCUT2D eigenvalue weighted by Gasteiger charge is 2.03. The van der Waals surface area contributed by atoms with Gasteiger partial charge in [-0.1, -0.05) is 19.9 Å². The first-order valence-electron chi connectivity index (χ1n) is 6.37. The van der Waals surface area contributed by atoms with Crippen LogP contribution in [-0.2, 0) is 9.53 Å². The Labute approximate surface area is 114 Å². The number of anilines is 1. The molecule has 0 aliphatic heterocycles. The molecule has 2 N–H and O–H groups in total. The molecular formula is C14H22N2O3. The first kappa shape index (κ1) is 15.5. The average Bonchev–Trinajstić information content (AvgIpc) is 2.38. The Kier molecular flexibility index (Phi) is 6.92. The van der Waals surface area contributed by atoms with E-state index >= 15 is 0 Å². The van der Waals surface area contributed by atoms with E-state index in [9.17, 15) is 4.79 Å². The van der Waals surface area contributed by atoms with Gasteiger partial charge in [-0.05, 0) is 12.1 Å². The molecule has 1 aromatic rings. The lowest BCUT2D eigenvalue weighted by Crippen LogP contribution is -2.28. The molecule has 0 unspecified atom stereocenters. The van der Waals surface area contributed by atoms with E-state index in [4.69, 9.17) is 9.47 Å². The molecule has 1 aromatic carbocycles. The number of ether oxygens (including phenoxy) is 2. The second kappa shape index (κ2) is 8.50. The third-order valence-corrected chi connectivity index (χ3v) is 2.39. The Bertz CT molecular complexity index is 394. The van der Waals surface area contributed by atoms with Gasteiger partial charge in [-0.25, -0.2) is 0 Å². The van der Waals surface area contributed by atoms with E-state index in [1.165, 1.54) is 0 Å². The van der Waals surface area contributed by atoms with E-state index in [2.05, 4.69) is 24.5 Å².